The Hall–Kier alpha value is -2.54. The largest absolute Gasteiger partial charge is 0.507 e. The normalized spacial score (nSPS) is 11.1. The van der Waals surface area contributed by atoms with Crippen LogP contribution in [0.5, 0.6) is 5.75 Å². The van der Waals surface area contributed by atoms with E-state index in [1.54, 1.807) is 12.1 Å². The molecule has 0 atom stereocenters. The molecule has 0 aliphatic heterocycles. The lowest BCUT2D eigenvalue weighted by atomic mass is 10.2. The molecule has 2 aromatic carbocycles. The number of benzene rings is 2. The fourth-order valence-electron chi connectivity index (χ4n) is 2.09. The number of aryl methyl sites for hydroxylation is 1. The molecule has 0 aliphatic rings. The van der Waals surface area contributed by atoms with Gasteiger partial charge in [0.2, 0.25) is 0 Å². The van der Waals surface area contributed by atoms with E-state index in [1.807, 2.05) is 13.8 Å². The molecule has 0 saturated heterocycles. The molecule has 0 saturated carbocycles. The third-order valence-electron chi connectivity index (χ3n) is 3.53. The van der Waals surface area contributed by atoms with Gasteiger partial charge in [0.1, 0.15) is 11.3 Å². The highest BCUT2D eigenvalue weighted by atomic mass is 32.2. The minimum absolute atomic E-state index is 0.00520. The number of anilines is 1. The number of hydrogen-bond donors (Lipinski definition) is 2. The summed E-state index contributed by atoms with van der Waals surface area (Å²) in [5.74, 6) is -0.982. The third-order valence-corrected chi connectivity index (χ3v) is 4.93. The molecule has 0 spiro atoms. The first-order valence-electron chi connectivity index (χ1n) is 7.93. The maximum Gasteiger partial charge on any atom is 0.341 e. The van der Waals surface area contributed by atoms with Crippen LogP contribution in [0.2, 0.25) is 0 Å². The van der Waals surface area contributed by atoms with Crippen LogP contribution in [-0.4, -0.2) is 26.1 Å². The lowest BCUT2D eigenvalue weighted by Crippen LogP contribution is -2.13. The Balaban J connectivity index is 2.14. The second kappa shape index (κ2) is 8.02. The minimum atomic E-state index is -3.77. The SMILES string of the molecule is CCCCOC(=O)c1ccc(NS(=O)(=O)c2ccc(C)cc2)cc1O. The number of hydrogen-bond acceptors (Lipinski definition) is 5. The van der Waals surface area contributed by atoms with E-state index in [0.717, 1.165) is 18.4 Å². The fraction of sp³-hybridized carbons (Fsp3) is 0.278. The van der Waals surface area contributed by atoms with Crippen molar-refractivity contribution in [3.63, 3.8) is 0 Å². The maximum absolute atomic E-state index is 12.3. The Labute approximate surface area is 147 Å². The van der Waals surface area contributed by atoms with Crippen LogP contribution in [0.15, 0.2) is 47.4 Å². The summed E-state index contributed by atoms with van der Waals surface area (Å²) in [4.78, 5) is 12.0. The van der Waals surface area contributed by atoms with Crippen molar-refractivity contribution in [2.24, 2.45) is 0 Å². The van der Waals surface area contributed by atoms with Gasteiger partial charge in [-0.2, -0.15) is 0 Å². The molecule has 6 nitrogen and oxygen atoms in total. The number of sulfonamides is 1. The first-order chi connectivity index (χ1) is 11.8. The number of rotatable bonds is 7. The number of phenolic OH excluding ortho intramolecular Hbond substituents is 1. The smallest absolute Gasteiger partial charge is 0.341 e. The van der Waals surface area contributed by atoms with Gasteiger partial charge in [-0.1, -0.05) is 31.0 Å². The van der Waals surface area contributed by atoms with Crippen molar-refractivity contribution in [2.75, 3.05) is 11.3 Å². The van der Waals surface area contributed by atoms with Crippen molar-refractivity contribution in [1.82, 2.24) is 0 Å². The minimum Gasteiger partial charge on any atom is -0.507 e. The second-order valence-electron chi connectivity index (χ2n) is 5.64. The van der Waals surface area contributed by atoms with Crippen LogP contribution in [0.3, 0.4) is 0 Å². The standard InChI is InChI=1S/C18H21NO5S/c1-3-4-11-24-18(21)16-10-7-14(12-17(16)20)19-25(22,23)15-8-5-13(2)6-9-15/h5-10,12,19-20H,3-4,11H2,1-2H3. The molecule has 134 valence electrons. The maximum atomic E-state index is 12.3. The predicted octanol–water partition coefficient (Wildman–Crippen LogP) is 3.46. The van der Waals surface area contributed by atoms with Gasteiger partial charge in [-0.15, -0.1) is 0 Å². The van der Waals surface area contributed by atoms with Crippen molar-refractivity contribution in [2.45, 2.75) is 31.6 Å². The summed E-state index contributed by atoms with van der Waals surface area (Å²) < 4.78 is 32.1. The number of phenols is 1. The van der Waals surface area contributed by atoms with Crippen LogP contribution >= 0.6 is 0 Å². The average Bonchev–Trinajstić information content (AvgIpc) is 2.55. The van der Waals surface area contributed by atoms with Gasteiger partial charge in [0.25, 0.3) is 10.0 Å². The average molecular weight is 363 g/mol. The van der Waals surface area contributed by atoms with Gasteiger partial charge in [-0.3, -0.25) is 4.72 Å². The Morgan fingerprint density at radius 3 is 2.44 bits per heavy atom. The lowest BCUT2D eigenvalue weighted by molar-refractivity contribution is 0.0496. The number of aromatic hydroxyl groups is 1. The van der Waals surface area contributed by atoms with Gasteiger partial charge in [0.15, 0.2) is 0 Å². The van der Waals surface area contributed by atoms with Crippen LogP contribution in [-0.2, 0) is 14.8 Å². The number of unbranched alkanes of at least 4 members (excludes halogenated alkanes) is 1. The number of carbonyl (C=O) groups is 1. The number of ether oxygens (including phenoxy) is 1. The van der Waals surface area contributed by atoms with Crippen molar-refractivity contribution in [1.29, 1.82) is 0 Å². The van der Waals surface area contributed by atoms with Gasteiger partial charge in [-0.05, 0) is 37.6 Å². The van der Waals surface area contributed by atoms with Crippen molar-refractivity contribution in [3.05, 3.63) is 53.6 Å². The Morgan fingerprint density at radius 1 is 1.16 bits per heavy atom. The summed E-state index contributed by atoms with van der Waals surface area (Å²) in [7, 11) is -3.77. The lowest BCUT2D eigenvalue weighted by Gasteiger charge is -2.10. The summed E-state index contributed by atoms with van der Waals surface area (Å²) in [6.45, 7) is 4.11. The summed E-state index contributed by atoms with van der Waals surface area (Å²) in [5, 5.41) is 9.99. The van der Waals surface area contributed by atoms with Crippen molar-refractivity contribution in [3.8, 4) is 5.75 Å². The Kier molecular flexibility index (Phi) is 6.03. The van der Waals surface area contributed by atoms with E-state index in [0.29, 0.717) is 0 Å². The first-order valence-corrected chi connectivity index (χ1v) is 9.41. The monoisotopic (exact) mass is 363 g/mol. The van der Waals surface area contributed by atoms with Gasteiger partial charge < -0.3 is 9.84 Å². The molecule has 0 radical (unpaired) electrons. The molecule has 2 N–H and O–H groups in total. The fourth-order valence-corrected chi connectivity index (χ4v) is 3.14. The van der Waals surface area contributed by atoms with Crippen LogP contribution in [0, 0.1) is 6.92 Å². The summed E-state index contributed by atoms with van der Waals surface area (Å²) in [6.07, 6.45) is 1.62. The molecule has 2 rings (SSSR count). The van der Waals surface area contributed by atoms with Crippen molar-refractivity contribution < 1.29 is 23.1 Å². The van der Waals surface area contributed by atoms with E-state index in [4.69, 9.17) is 4.74 Å². The van der Waals surface area contributed by atoms with Crippen LogP contribution in [0.4, 0.5) is 5.69 Å². The highest BCUT2D eigenvalue weighted by Gasteiger charge is 2.17. The molecule has 0 bridgehead atoms. The van der Waals surface area contributed by atoms with Gasteiger partial charge in [0, 0.05) is 6.07 Å². The quantitative estimate of drug-likeness (QED) is 0.580. The molecule has 0 aliphatic carbocycles. The Bertz CT molecular complexity index is 844. The zero-order valence-electron chi connectivity index (χ0n) is 14.2. The molecular weight excluding hydrogens is 342 g/mol. The van der Waals surface area contributed by atoms with Gasteiger partial charge in [0.05, 0.1) is 17.2 Å². The van der Waals surface area contributed by atoms with E-state index in [9.17, 15) is 18.3 Å². The van der Waals surface area contributed by atoms with E-state index in [-0.39, 0.29) is 28.5 Å². The summed E-state index contributed by atoms with van der Waals surface area (Å²) in [5.41, 5.74) is 1.10. The van der Waals surface area contributed by atoms with Crippen LogP contribution in [0.25, 0.3) is 0 Å². The molecule has 7 heteroatoms. The van der Waals surface area contributed by atoms with E-state index < -0.39 is 16.0 Å². The number of esters is 1. The van der Waals surface area contributed by atoms with Crippen LogP contribution in [0.1, 0.15) is 35.7 Å². The first kappa shape index (κ1) is 18.8. The molecular formula is C18H21NO5S. The second-order valence-corrected chi connectivity index (χ2v) is 7.32. The molecule has 0 amide bonds. The predicted molar refractivity (Wildman–Crippen MR) is 95.3 cm³/mol. The Morgan fingerprint density at radius 2 is 1.84 bits per heavy atom. The highest BCUT2D eigenvalue weighted by molar-refractivity contribution is 7.92. The third kappa shape index (κ3) is 4.96. The molecule has 0 aromatic heterocycles. The van der Waals surface area contributed by atoms with E-state index in [1.165, 1.54) is 30.3 Å². The van der Waals surface area contributed by atoms with E-state index >= 15 is 0 Å². The molecule has 0 unspecified atom stereocenters. The molecule has 0 fully saturated rings. The van der Waals surface area contributed by atoms with Gasteiger partial charge in [-0.25, -0.2) is 13.2 Å². The van der Waals surface area contributed by atoms with E-state index in [2.05, 4.69) is 4.72 Å². The van der Waals surface area contributed by atoms with Crippen molar-refractivity contribution >= 4 is 21.7 Å². The number of nitrogens with one attached hydrogen (secondary N) is 1. The molecule has 25 heavy (non-hydrogen) atoms. The number of carbonyl (C=O) groups excluding carboxylic acids is 1. The van der Waals surface area contributed by atoms with Gasteiger partial charge >= 0.3 is 5.97 Å². The molecule has 0 heterocycles. The topological polar surface area (TPSA) is 92.7 Å². The summed E-state index contributed by atoms with van der Waals surface area (Å²) >= 11 is 0. The summed E-state index contributed by atoms with van der Waals surface area (Å²) in [6, 6.07) is 10.3. The highest BCUT2D eigenvalue weighted by Crippen LogP contribution is 2.25. The zero-order chi connectivity index (χ0) is 18.4. The van der Waals surface area contributed by atoms with Crippen LogP contribution < -0.4 is 4.72 Å². The zero-order valence-corrected chi connectivity index (χ0v) is 15.0. The molecule has 2 aromatic rings.